The highest BCUT2D eigenvalue weighted by atomic mass is 35.5. The molecule has 16 heavy (non-hydrogen) atoms. The molecule has 0 aromatic carbocycles. The molecule has 1 heterocycles. The Bertz CT molecular complexity index is 333. The molecule has 1 rings (SSSR count). The molecular formula is C11H19ClN2OS. The number of rotatable bonds is 5. The Balaban J connectivity index is 2.35. The molecule has 0 bridgehead atoms. The maximum Gasteiger partial charge on any atom is 0.168 e. The third-order valence-electron chi connectivity index (χ3n) is 2.03. The van der Waals surface area contributed by atoms with Gasteiger partial charge in [-0.2, -0.15) is 0 Å². The SMILES string of the molecule is Cn1c(CCl)cnc1SCCOC(C)(C)C. The molecule has 0 aliphatic rings. The van der Waals surface area contributed by atoms with E-state index in [2.05, 4.69) is 25.8 Å². The second-order valence-corrected chi connectivity index (χ2v) is 5.86. The zero-order chi connectivity index (χ0) is 12.2. The molecule has 0 fully saturated rings. The van der Waals surface area contributed by atoms with Crippen LogP contribution < -0.4 is 0 Å². The number of ether oxygens (including phenoxy) is 1. The fourth-order valence-corrected chi connectivity index (χ4v) is 2.20. The van der Waals surface area contributed by atoms with Crippen LogP contribution in [-0.4, -0.2) is 27.5 Å². The van der Waals surface area contributed by atoms with E-state index in [0.717, 1.165) is 23.2 Å². The van der Waals surface area contributed by atoms with Crippen molar-refractivity contribution in [2.24, 2.45) is 7.05 Å². The molecular weight excluding hydrogens is 244 g/mol. The van der Waals surface area contributed by atoms with Crippen molar-refractivity contribution in [2.45, 2.75) is 37.4 Å². The van der Waals surface area contributed by atoms with Crippen molar-refractivity contribution in [3.05, 3.63) is 11.9 Å². The summed E-state index contributed by atoms with van der Waals surface area (Å²) >= 11 is 7.46. The molecule has 0 amide bonds. The fraction of sp³-hybridized carbons (Fsp3) is 0.727. The van der Waals surface area contributed by atoms with Gasteiger partial charge in [-0.3, -0.25) is 0 Å². The lowest BCUT2D eigenvalue weighted by Gasteiger charge is -2.19. The van der Waals surface area contributed by atoms with Gasteiger partial charge in [0.15, 0.2) is 5.16 Å². The van der Waals surface area contributed by atoms with Crippen LogP contribution in [0, 0.1) is 0 Å². The number of halogens is 1. The van der Waals surface area contributed by atoms with Crippen molar-refractivity contribution in [3.63, 3.8) is 0 Å². The Morgan fingerprint density at radius 2 is 2.19 bits per heavy atom. The summed E-state index contributed by atoms with van der Waals surface area (Å²) in [6.07, 6.45) is 1.82. The number of hydrogen-bond donors (Lipinski definition) is 0. The summed E-state index contributed by atoms with van der Waals surface area (Å²) in [6.45, 7) is 6.91. The first-order valence-electron chi connectivity index (χ1n) is 5.27. The zero-order valence-corrected chi connectivity index (χ0v) is 11.9. The van der Waals surface area contributed by atoms with E-state index in [0.29, 0.717) is 5.88 Å². The summed E-state index contributed by atoms with van der Waals surface area (Å²) in [5.41, 5.74) is 0.977. The van der Waals surface area contributed by atoms with Gasteiger partial charge in [-0.05, 0) is 20.8 Å². The van der Waals surface area contributed by atoms with Crippen LogP contribution in [0.25, 0.3) is 0 Å². The van der Waals surface area contributed by atoms with Gasteiger partial charge in [0.2, 0.25) is 0 Å². The van der Waals surface area contributed by atoms with Crippen LogP contribution in [0.4, 0.5) is 0 Å². The lowest BCUT2D eigenvalue weighted by molar-refractivity contribution is 0.00693. The quantitative estimate of drug-likeness (QED) is 0.464. The zero-order valence-electron chi connectivity index (χ0n) is 10.3. The predicted octanol–water partition coefficient (Wildman–Crippen LogP) is 3.07. The lowest BCUT2D eigenvalue weighted by atomic mass is 10.2. The normalized spacial score (nSPS) is 12.1. The van der Waals surface area contributed by atoms with Crippen molar-refractivity contribution >= 4 is 23.4 Å². The second-order valence-electron chi connectivity index (χ2n) is 4.53. The monoisotopic (exact) mass is 262 g/mol. The molecule has 0 spiro atoms. The van der Waals surface area contributed by atoms with E-state index in [1.54, 1.807) is 11.8 Å². The van der Waals surface area contributed by atoms with Gasteiger partial charge in [-0.25, -0.2) is 4.98 Å². The lowest BCUT2D eigenvalue weighted by Crippen LogP contribution is -2.20. The van der Waals surface area contributed by atoms with Crippen molar-refractivity contribution in [2.75, 3.05) is 12.4 Å². The van der Waals surface area contributed by atoms with Gasteiger partial charge in [0.25, 0.3) is 0 Å². The largest absolute Gasteiger partial charge is 0.375 e. The number of alkyl halides is 1. The maximum absolute atomic E-state index is 5.77. The predicted molar refractivity (Wildman–Crippen MR) is 69.2 cm³/mol. The molecule has 0 saturated carbocycles. The first-order chi connectivity index (χ1) is 7.44. The van der Waals surface area contributed by atoms with Gasteiger partial charge in [-0.15, -0.1) is 11.6 Å². The van der Waals surface area contributed by atoms with Crippen LogP contribution in [0.3, 0.4) is 0 Å². The topological polar surface area (TPSA) is 27.1 Å². The Morgan fingerprint density at radius 1 is 1.50 bits per heavy atom. The Labute approximate surface area is 107 Å². The van der Waals surface area contributed by atoms with Crippen LogP contribution >= 0.6 is 23.4 Å². The fourth-order valence-electron chi connectivity index (χ4n) is 1.16. The van der Waals surface area contributed by atoms with E-state index in [1.165, 1.54) is 0 Å². The van der Waals surface area contributed by atoms with Gasteiger partial charge in [0.05, 0.1) is 30.0 Å². The van der Waals surface area contributed by atoms with Crippen molar-refractivity contribution in [1.29, 1.82) is 0 Å². The number of thioether (sulfide) groups is 1. The highest BCUT2D eigenvalue weighted by Gasteiger charge is 2.10. The molecule has 0 atom stereocenters. The smallest absolute Gasteiger partial charge is 0.168 e. The van der Waals surface area contributed by atoms with Gasteiger partial charge >= 0.3 is 0 Å². The summed E-state index contributed by atoms with van der Waals surface area (Å²) in [4.78, 5) is 4.31. The van der Waals surface area contributed by atoms with Crippen LogP contribution in [-0.2, 0) is 17.7 Å². The summed E-state index contributed by atoms with van der Waals surface area (Å²) in [6, 6.07) is 0. The Kier molecular flexibility index (Phi) is 5.15. The molecule has 92 valence electrons. The van der Waals surface area contributed by atoms with Crippen LogP contribution in [0.5, 0.6) is 0 Å². The summed E-state index contributed by atoms with van der Waals surface area (Å²) < 4.78 is 7.66. The third kappa shape index (κ3) is 4.36. The summed E-state index contributed by atoms with van der Waals surface area (Å²) in [5.74, 6) is 1.41. The summed E-state index contributed by atoms with van der Waals surface area (Å²) in [7, 11) is 1.98. The average Bonchev–Trinajstić information content (AvgIpc) is 2.53. The molecule has 0 radical (unpaired) electrons. The first kappa shape index (κ1) is 13.9. The number of aromatic nitrogens is 2. The van der Waals surface area contributed by atoms with Gasteiger partial charge in [-0.1, -0.05) is 11.8 Å². The van der Waals surface area contributed by atoms with Crippen molar-refractivity contribution < 1.29 is 4.74 Å². The number of hydrogen-bond acceptors (Lipinski definition) is 3. The molecule has 5 heteroatoms. The number of nitrogens with zero attached hydrogens (tertiary/aromatic N) is 2. The van der Waals surface area contributed by atoms with Gasteiger partial charge < -0.3 is 9.30 Å². The average molecular weight is 263 g/mol. The minimum absolute atomic E-state index is 0.0660. The molecule has 0 saturated heterocycles. The van der Waals surface area contributed by atoms with E-state index >= 15 is 0 Å². The highest BCUT2D eigenvalue weighted by Crippen LogP contribution is 2.18. The van der Waals surface area contributed by atoms with E-state index in [9.17, 15) is 0 Å². The highest BCUT2D eigenvalue weighted by molar-refractivity contribution is 7.99. The maximum atomic E-state index is 5.77. The van der Waals surface area contributed by atoms with E-state index < -0.39 is 0 Å². The van der Waals surface area contributed by atoms with E-state index in [-0.39, 0.29) is 5.60 Å². The molecule has 0 aliphatic heterocycles. The molecule has 0 unspecified atom stereocenters. The second kappa shape index (κ2) is 5.94. The van der Waals surface area contributed by atoms with Crippen molar-refractivity contribution in [1.82, 2.24) is 9.55 Å². The molecule has 1 aromatic heterocycles. The Hall–Kier alpha value is -0.190. The molecule has 3 nitrogen and oxygen atoms in total. The Morgan fingerprint density at radius 3 is 2.69 bits per heavy atom. The van der Waals surface area contributed by atoms with E-state index in [4.69, 9.17) is 16.3 Å². The standard InChI is InChI=1S/C11H19ClN2OS/c1-11(2,3)15-5-6-16-10-13-8-9(7-12)14(10)4/h8H,5-7H2,1-4H3. The van der Waals surface area contributed by atoms with Crippen molar-refractivity contribution in [3.8, 4) is 0 Å². The minimum Gasteiger partial charge on any atom is -0.375 e. The number of imidazole rings is 1. The van der Waals surface area contributed by atoms with Crippen LogP contribution in [0.2, 0.25) is 0 Å². The molecule has 1 aromatic rings. The van der Waals surface area contributed by atoms with Gasteiger partial charge in [0, 0.05) is 12.8 Å². The van der Waals surface area contributed by atoms with Crippen LogP contribution in [0.1, 0.15) is 26.5 Å². The molecule has 0 aliphatic carbocycles. The first-order valence-corrected chi connectivity index (χ1v) is 6.79. The van der Waals surface area contributed by atoms with Crippen LogP contribution in [0.15, 0.2) is 11.4 Å². The summed E-state index contributed by atoms with van der Waals surface area (Å²) in [5, 5.41) is 0.994. The van der Waals surface area contributed by atoms with Gasteiger partial charge in [0.1, 0.15) is 0 Å². The minimum atomic E-state index is -0.0660. The molecule has 0 N–H and O–H groups in total. The third-order valence-corrected chi connectivity index (χ3v) is 3.31. The van der Waals surface area contributed by atoms with E-state index in [1.807, 2.05) is 17.8 Å².